The van der Waals surface area contributed by atoms with Crippen molar-refractivity contribution in [1.82, 2.24) is 0 Å². The van der Waals surface area contributed by atoms with Crippen LogP contribution in [0.5, 0.6) is 28.7 Å². The lowest BCUT2D eigenvalue weighted by Gasteiger charge is -2.26. The van der Waals surface area contributed by atoms with Crippen molar-refractivity contribution in [3.05, 3.63) is 41.5 Å². The first kappa shape index (κ1) is 14.1. The molecule has 0 fully saturated rings. The van der Waals surface area contributed by atoms with Crippen LogP contribution in [0.1, 0.15) is 28.4 Å². The van der Waals surface area contributed by atoms with Gasteiger partial charge in [0.05, 0.1) is 13.5 Å². The maximum Gasteiger partial charge on any atom is 0.174 e. The molecule has 2 aromatic rings. The second-order valence-electron chi connectivity index (χ2n) is 5.04. The van der Waals surface area contributed by atoms with Crippen molar-refractivity contribution >= 4 is 5.78 Å². The molecule has 0 bridgehead atoms. The number of phenols is 3. The van der Waals surface area contributed by atoms with Gasteiger partial charge in [-0.2, -0.15) is 0 Å². The maximum absolute atomic E-state index is 12.2. The fraction of sp³-hybridized carbons (Fsp3) is 0.188. The SMILES string of the molecule is COc1cc(O)cc(C2CC(=O)c3c(O)cc(O)cc3O2)c1. The molecule has 1 heterocycles. The third kappa shape index (κ3) is 2.39. The number of phenolic OH excluding ortho intramolecular Hbond substituents is 3. The van der Waals surface area contributed by atoms with Crippen molar-refractivity contribution in [1.29, 1.82) is 0 Å². The van der Waals surface area contributed by atoms with Crippen LogP contribution in [0.15, 0.2) is 30.3 Å². The molecule has 1 aliphatic rings. The summed E-state index contributed by atoms with van der Waals surface area (Å²) >= 11 is 0. The molecule has 3 rings (SSSR count). The van der Waals surface area contributed by atoms with Crippen molar-refractivity contribution in [2.45, 2.75) is 12.5 Å². The van der Waals surface area contributed by atoms with Gasteiger partial charge >= 0.3 is 0 Å². The number of benzene rings is 2. The summed E-state index contributed by atoms with van der Waals surface area (Å²) in [5, 5.41) is 29.0. The lowest BCUT2D eigenvalue weighted by molar-refractivity contribution is 0.0844. The van der Waals surface area contributed by atoms with Gasteiger partial charge in [0.1, 0.15) is 40.4 Å². The van der Waals surface area contributed by atoms with Crippen molar-refractivity contribution in [2.75, 3.05) is 7.11 Å². The number of fused-ring (bicyclic) bond motifs is 1. The first-order valence-electron chi connectivity index (χ1n) is 6.61. The zero-order valence-corrected chi connectivity index (χ0v) is 11.7. The highest BCUT2D eigenvalue weighted by Crippen LogP contribution is 2.42. The molecule has 6 heteroatoms. The van der Waals surface area contributed by atoms with E-state index in [9.17, 15) is 20.1 Å². The molecule has 0 radical (unpaired) electrons. The number of carbonyl (C=O) groups is 1. The summed E-state index contributed by atoms with van der Waals surface area (Å²) in [5.74, 6) is -0.261. The topological polar surface area (TPSA) is 96.2 Å². The Labute approximate surface area is 126 Å². The third-order valence-electron chi connectivity index (χ3n) is 3.51. The number of Topliss-reactive ketones (excluding diaryl/α,β-unsaturated/α-hetero) is 1. The molecule has 0 aliphatic carbocycles. The molecule has 1 atom stereocenters. The van der Waals surface area contributed by atoms with E-state index in [2.05, 4.69) is 0 Å². The van der Waals surface area contributed by atoms with Gasteiger partial charge in [-0.1, -0.05) is 0 Å². The van der Waals surface area contributed by atoms with E-state index in [1.54, 1.807) is 6.07 Å². The summed E-state index contributed by atoms with van der Waals surface area (Å²) in [6.45, 7) is 0. The van der Waals surface area contributed by atoms with Gasteiger partial charge in [0.2, 0.25) is 0 Å². The van der Waals surface area contributed by atoms with Crippen molar-refractivity contribution in [2.24, 2.45) is 0 Å². The summed E-state index contributed by atoms with van der Waals surface area (Å²) in [7, 11) is 1.47. The molecule has 0 aromatic heterocycles. The summed E-state index contributed by atoms with van der Waals surface area (Å²) in [5.41, 5.74) is 0.625. The molecule has 0 spiro atoms. The molecule has 0 amide bonds. The Morgan fingerprint density at radius 3 is 2.55 bits per heavy atom. The highest BCUT2D eigenvalue weighted by molar-refractivity contribution is 6.02. The average Bonchev–Trinajstić information content (AvgIpc) is 2.45. The Balaban J connectivity index is 2.02. The van der Waals surface area contributed by atoms with E-state index >= 15 is 0 Å². The predicted molar refractivity (Wildman–Crippen MR) is 76.7 cm³/mol. The van der Waals surface area contributed by atoms with E-state index in [1.165, 1.54) is 25.3 Å². The van der Waals surface area contributed by atoms with Gasteiger partial charge in [0.25, 0.3) is 0 Å². The number of rotatable bonds is 2. The van der Waals surface area contributed by atoms with Gasteiger partial charge in [-0.25, -0.2) is 0 Å². The van der Waals surface area contributed by atoms with Crippen molar-refractivity contribution < 1.29 is 29.6 Å². The predicted octanol–water partition coefficient (Wildman–Crippen LogP) is 2.52. The summed E-state index contributed by atoms with van der Waals surface area (Å²) in [6, 6.07) is 6.95. The molecule has 1 unspecified atom stereocenters. The minimum Gasteiger partial charge on any atom is -0.508 e. The van der Waals surface area contributed by atoms with Crippen molar-refractivity contribution in [3.63, 3.8) is 0 Å². The summed E-state index contributed by atoms with van der Waals surface area (Å²) in [6.07, 6.45) is -0.625. The van der Waals surface area contributed by atoms with Gasteiger partial charge in [-0.3, -0.25) is 4.79 Å². The highest BCUT2D eigenvalue weighted by Gasteiger charge is 2.31. The fourth-order valence-corrected chi connectivity index (χ4v) is 2.52. The van der Waals surface area contributed by atoms with Crippen LogP contribution in [0.3, 0.4) is 0 Å². The highest BCUT2D eigenvalue weighted by atomic mass is 16.5. The second kappa shape index (κ2) is 5.14. The van der Waals surface area contributed by atoms with Crippen LogP contribution in [0.4, 0.5) is 0 Å². The summed E-state index contributed by atoms with van der Waals surface area (Å²) < 4.78 is 10.8. The molecule has 0 saturated heterocycles. The number of ketones is 1. The number of hydrogen-bond acceptors (Lipinski definition) is 6. The minimum absolute atomic E-state index is 0.00467. The van der Waals surface area contributed by atoms with E-state index in [0.717, 1.165) is 6.07 Å². The number of carbonyl (C=O) groups excluding carboxylic acids is 1. The molecular weight excluding hydrogens is 288 g/mol. The quantitative estimate of drug-likeness (QED) is 0.789. The number of hydrogen-bond donors (Lipinski definition) is 3. The maximum atomic E-state index is 12.2. The van der Waals surface area contributed by atoms with Crippen LogP contribution in [0, 0.1) is 0 Å². The molecular formula is C16H14O6. The fourth-order valence-electron chi connectivity index (χ4n) is 2.52. The van der Waals surface area contributed by atoms with E-state index < -0.39 is 6.10 Å². The Morgan fingerprint density at radius 2 is 1.82 bits per heavy atom. The molecule has 6 nitrogen and oxygen atoms in total. The summed E-state index contributed by atoms with van der Waals surface area (Å²) in [4.78, 5) is 12.2. The van der Waals surface area contributed by atoms with Gasteiger partial charge in [-0.05, 0) is 12.1 Å². The normalized spacial score (nSPS) is 16.8. The lowest BCUT2D eigenvalue weighted by atomic mass is 9.95. The second-order valence-corrected chi connectivity index (χ2v) is 5.04. The average molecular weight is 302 g/mol. The van der Waals surface area contributed by atoms with Gasteiger partial charge in [0, 0.05) is 23.8 Å². The standard InChI is InChI=1S/C16H14O6/c1-21-11-3-8(2-9(17)4-11)14-7-13(20)16-12(19)5-10(18)6-15(16)22-14/h2-6,14,17-19H,7H2,1H3. The number of ether oxygens (including phenoxy) is 2. The molecule has 0 saturated carbocycles. The van der Waals surface area contributed by atoms with Crippen LogP contribution >= 0.6 is 0 Å². The monoisotopic (exact) mass is 302 g/mol. The van der Waals surface area contributed by atoms with Crippen LogP contribution in [-0.4, -0.2) is 28.2 Å². The van der Waals surface area contributed by atoms with Gasteiger partial charge in [0.15, 0.2) is 5.78 Å². The number of methoxy groups -OCH3 is 1. The molecule has 1 aliphatic heterocycles. The van der Waals surface area contributed by atoms with E-state index in [0.29, 0.717) is 11.3 Å². The lowest BCUT2D eigenvalue weighted by Crippen LogP contribution is -2.20. The minimum atomic E-state index is -0.637. The van der Waals surface area contributed by atoms with Gasteiger partial charge < -0.3 is 24.8 Å². The smallest absolute Gasteiger partial charge is 0.174 e. The zero-order chi connectivity index (χ0) is 15.9. The molecule has 22 heavy (non-hydrogen) atoms. The van der Waals surface area contributed by atoms with Crippen LogP contribution in [0.2, 0.25) is 0 Å². The van der Waals surface area contributed by atoms with Crippen LogP contribution in [-0.2, 0) is 0 Å². The molecule has 2 aromatic carbocycles. The Bertz CT molecular complexity index is 753. The third-order valence-corrected chi connectivity index (χ3v) is 3.51. The van der Waals surface area contributed by atoms with Crippen molar-refractivity contribution in [3.8, 4) is 28.7 Å². The largest absolute Gasteiger partial charge is 0.508 e. The molecule has 114 valence electrons. The zero-order valence-electron chi connectivity index (χ0n) is 11.7. The van der Waals surface area contributed by atoms with E-state index in [1.807, 2.05) is 0 Å². The van der Waals surface area contributed by atoms with Crippen LogP contribution < -0.4 is 9.47 Å². The van der Waals surface area contributed by atoms with E-state index in [4.69, 9.17) is 9.47 Å². The van der Waals surface area contributed by atoms with E-state index in [-0.39, 0.29) is 40.8 Å². The first-order chi connectivity index (χ1) is 10.5. The van der Waals surface area contributed by atoms with Crippen LogP contribution in [0.25, 0.3) is 0 Å². The Kier molecular flexibility index (Phi) is 3.29. The van der Waals surface area contributed by atoms with Gasteiger partial charge in [-0.15, -0.1) is 0 Å². The Hall–Kier alpha value is -2.89. The Morgan fingerprint density at radius 1 is 1.09 bits per heavy atom. The molecule has 3 N–H and O–H groups in total. The number of aromatic hydroxyl groups is 3. The first-order valence-corrected chi connectivity index (χ1v) is 6.61.